The van der Waals surface area contributed by atoms with E-state index >= 15 is 0 Å². The summed E-state index contributed by atoms with van der Waals surface area (Å²) in [5.74, 6) is -14.2. The van der Waals surface area contributed by atoms with Crippen molar-refractivity contribution in [2.75, 3.05) is 0 Å². The lowest BCUT2D eigenvalue weighted by atomic mass is 9.99. The summed E-state index contributed by atoms with van der Waals surface area (Å²) < 4.78 is 0. The Morgan fingerprint density at radius 2 is 0.882 bits per heavy atom. The predicted octanol–water partition coefficient (Wildman–Crippen LogP) is -0.826. The number of carboxylic acids is 3. The molecule has 1 aromatic heterocycles. The van der Waals surface area contributed by atoms with Crippen molar-refractivity contribution in [1.29, 1.82) is 0 Å². The van der Waals surface area contributed by atoms with Crippen molar-refractivity contribution in [2.24, 2.45) is 23.3 Å². The number of aromatic amines is 1. The lowest BCUT2D eigenvalue weighted by molar-refractivity contribution is -0.142. The maximum absolute atomic E-state index is 14.4. The van der Waals surface area contributed by atoms with Crippen LogP contribution in [0.25, 0.3) is 10.9 Å². The molecule has 0 fully saturated rings. The highest BCUT2D eigenvalue weighted by molar-refractivity contribution is 6.00. The first-order valence-corrected chi connectivity index (χ1v) is 27.6. The number of nitrogens with two attached hydrogens (primary N) is 2. The molecule has 9 amide bonds. The average molecular weight is 1180 g/mol. The van der Waals surface area contributed by atoms with Crippen LogP contribution in [0.3, 0.4) is 0 Å². The van der Waals surface area contributed by atoms with Crippen molar-refractivity contribution < 1.29 is 78.0 Å². The molecule has 85 heavy (non-hydrogen) atoms. The number of carbonyl (C=O) groups excluding carboxylic acids is 9. The molecule has 0 aliphatic heterocycles. The number of primary amides is 1. The molecule has 0 aliphatic rings. The largest absolute Gasteiger partial charge is 0.481 e. The molecule has 0 radical (unpaired) electrons. The maximum atomic E-state index is 14.4. The van der Waals surface area contributed by atoms with Gasteiger partial charge in [0.2, 0.25) is 53.2 Å². The van der Waals surface area contributed by atoms with Gasteiger partial charge < -0.3 is 79.4 Å². The van der Waals surface area contributed by atoms with Crippen molar-refractivity contribution in [1.82, 2.24) is 47.5 Å². The number of amides is 9. The first kappa shape index (κ1) is 68.3. The first-order valence-electron chi connectivity index (χ1n) is 27.6. The van der Waals surface area contributed by atoms with E-state index in [1.807, 2.05) is 0 Å². The predicted molar refractivity (Wildman–Crippen MR) is 307 cm³/mol. The summed E-state index contributed by atoms with van der Waals surface area (Å²) in [6.07, 6.45) is -3.52. The van der Waals surface area contributed by atoms with Crippen molar-refractivity contribution in [3.8, 4) is 0 Å². The molecule has 17 N–H and O–H groups in total. The van der Waals surface area contributed by atoms with Crippen LogP contribution in [0.2, 0.25) is 0 Å². The zero-order valence-corrected chi connectivity index (χ0v) is 47.8. The number of carboxylic acid groups (broad SMARTS) is 3. The summed E-state index contributed by atoms with van der Waals surface area (Å²) in [4.78, 5) is 163. The second kappa shape index (κ2) is 33.2. The number of hydrogen-bond acceptors (Lipinski definition) is 14. The maximum Gasteiger partial charge on any atom is 0.326 e. The number of rotatable bonds is 35. The normalized spacial score (nSPS) is 14.7. The lowest BCUT2D eigenvalue weighted by Gasteiger charge is -2.29. The number of aliphatic hydroxyl groups excluding tert-OH is 1. The van der Waals surface area contributed by atoms with Crippen molar-refractivity contribution in [3.05, 3.63) is 108 Å². The molecule has 1 heterocycles. The van der Waals surface area contributed by atoms with Gasteiger partial charge in [-0.25, -0.2) is 4.79 Å². The van der Waals surface area contributed by atoms with E-state index in [1.165, 1.54) is 0 Å². The monoisotopic (exact) mass is 1180 g/mol. The van der Waals surface area contributed by atoms with Gasteiger partial charge in [0.05, 0.1) is 25.0 Å². The molecule has 0 aliphatic carbocycles. The standard InChI is InChI=1S/C58H77N11O16/c1-30(2)22-39(62-50(76)37(59)20-21-47(72)73)51(77)63-40(23-31(3)4)52(78)66-44(28-48(74)75)55(81)64-41(24-33-14-8-6-9-15-33)56(82)69-49(32(5)70)57(83)67-43(27-46(60)71)54(80)65-42(26-35-29-61-38-19-13-12-18-36(35)38)53(79)68-45(58(84)85)25-34-16-10-7-11-17-34/h6-19,29-32,37,39-45,49,61,70H,20-28,59H2,1-5H3,(H2,60,71)(H,62,76)(H,63,77)(H,64,81)(H,65,80)(H,66,78)(H,67,83)(H,68,79)(H,69,82)(H,72,73)(H,74,75)(H,84,85)/t32-,37+,39+,40+,41+,42+,43+,44+,45+,49+/m1/s1. The lowest BCUT2D eigenvalue weighted by Crippen LogP contribution is -2.62. The van der Waals surface area contributed by atoms with Gasteiger partial charge >= 0.3 is 17.9 Å². The highest BCUT2D eigenvalue weighted by Gasteiger charge is 2.38. The minimum atomic E-state index is -1.97. The Labute approximate surface area is 489 Å². The Morgan fingerprint density at radius 3 is 1.38 bits per heavy atom. The number of benzene rings is 3. The van der Waals surface area contributed by atoms with Crippen LogP contribution >= 0.6 is 0 Å². The zero-order valence-electron chi connectivity index (χ0n) is 47.8. The number of hydrogen-bond donors (Lipinski definition) is 15. The quantitative estimate of drug-likeness (QED) is 0.0267. The Balaban J connectivity index is 1.60. The molecule has 0 saturated carbocycles. The second-order valence-corrected chi connectivity index (χ2v) is 21.5. The Hall–Kier alpha value is -9.24. The van der Waals surface area contributed by atoms with Gasteiger partial charge in [0.15, 0.2) is 0 Å². The fraction of sp³-hybridized carbons (Fsp3) is 0.448. The van der Waals surface area contributed by atoms with Crippen molar-refractivity contribution >= 4 is 82.0 Å². The van der Waals surface area contributed by atoms with Gasteiger partial charge in [0.25, 0.3) is 0 Å². The zero-order chi connectivity index (χ0) is 63.1. The van der Waals surface area contributed by atoms with Gasteiger partial charge in [0.1, 0.15) is 48.3 Å². The number of aliphatic hydroxyl groups is 1. The van der Waals surface area contributed by atoms with E-state index in [4.69, 9.17) is 16.6 Å². The third-order valence-corrected chi connectivity index (χ3v) is 13.3. The fourth-order valence-corrected chi connectivity index (χ4v) is 9.01. The van der Waals surface area contributed by atoms with Crippen LogP contribution in [0.4, 0.5) is 0 Å². The van der Waals surface area contributed by atoms with Crippen LogP contribution in [-0.4, -0.2) is 157 Å². The van der Waals surface area contributed by atoms with E-state index in [0.29, 0.717) is 27.6 Å². The first-order chi connectivity index (χ1) is 40.1. The van der Waals surface area contributed by atoms with Crippen molar-refractivity contribution in [3.63, 3.8) is 0 Å². The molecular formula is C58H77N11O16. The highest BCUT2D eigenvalue weighted by Crippen LogP contribution is 2.20. The average Bonchev–Trinajstić information content (AvgIpc) is 3.96. The molecule has 27 nitrogen and oxygen atoms in total. The molecule has 0 bridgehead atoms. The van der Waals surface area contributed by atoms with Crippen LogP contribution < -0.4 is 54.0 Å². The van der Waals surface area contributed by atoms with Gasteiger partial charge in [-0.1, -0.05) is 107 Å². The van der Waals surface area contributed by atoms with E-state index in [9.17, 15) is 72.9 Å². The highest BCUT2D eigenvalue weighted by atomic mass is 16.4. The minimum absolute atomic E-state index is 0.0523. The number of carbonyl (C=O) groups is 12. The smallest absolute Gasteiger partial charge is 0.326 e. The van der Waals surface area contributed by atoms with Gasteiger partial charge in [-0.2, -0.15) is 0 Å². The SMILES string of the molecule is CC(C)C[C@H](NC(=O)[C@H](CC(C)C)NC(=O)[C@@H](N)CCC(=O)O)C(=O)N[C@@H](CC(=O)O)C(=O)N[C@@H](Cc1ccccc1)C(=O)N[C@H](C(=O)N[C@@H](CC(N)=O)C(=O)N[C@@H](Cc1c[nH]c2ccccc12)C(=O)N[C@@H](Cc1ccccc1)C(=O)O)[C@@H](C)O. The van der Waals surface area contributed by atoms with Crippen LogP contribution in [-0.2, 0) is 76.8 Å². The number of aliphatic carboxylic acids is 3. The van der Waals surface area contributed by atoms with Gasteiger partial charge in [-0.3, -0.25) is 52.7 Å². The molecule has 27 heteroatoms. The van der Waals surface area contributed by atoms with Gasteiger partial charge in [-0.15, -0.1) is 0 Å². The second-order valence-electron chi connectivity index (χ2n) is 21.5. The molecule has 10 atom stereocenters. The number of fused-ring (bicyclic) bond motifs is 1. The number of aromatic nitrogens is 1. The Morgan fingerprint density at radius 1 is 0.471 bits per heavy atom. The number of nitrogens with one attached hydrogen (secondary N) is 9. The molecule has 0 unspecified atom stereocenters. The number of para-hydroxylation sites is 1. The summed E-state index contributed by atoms with van der Waals surface area (Å²) in [6.45, 7) is 8.02. The Kier molecular flexibility index (Phi) is 26.6. The summed E-state index contributed by atoms with van der Waals surface area (Å²) in [5, 5.41) is 60.2. The van der Waals surface area contributed by atoms with E-state index in [-0.39, 0.29) is 50.4 Å². The van der Waals surface area contributed by atoms with Gasteiger partial charge in [0, 0.05) is 42.8 Å². The summed E-state index contributed by atoms with van der Waals surface area (Å²) in [5.41, 5.74) is 13.6. The topological polar surface area (TPSA) is 450 Å². The number of H-pyrrole nitrogens is 1. The summed E-state index contributed by atoms with van der Waals surface area (Å²) >= 11 is 0. The Bertz CT molecular complexity index is 2990. The van der Waals surface area contributed by atoms with Crippen LogP contribution in [0.5, 0.6) is 0 Å². The molecule has 460 valence electrons. The fourth-order valence-electron chi connectivity index (χ4n) is 9.01. The van der Waals surface area contributed by atoms with E-state index < -0.39 is 151 Å². The van der Waals surface area contributed by atoms with Crippen LogP contribution in [0.15, 0.2) is 91.1 Å². The minimum Gasteiger partial charge on any atom is -0.481 e. The van der Waals surface area contributed by atoms with Crippen molar-refractivity contribution in [2.45, 2.75) is 153 Å². The molecule has 4 rings (SSSR count). The summed E-state index contributed by atoms with van der Waals surface area (Å²) in [7, 11) is 0. The summed E-state index contributed by atoms with van der Waals surface area (Å²) in [6, 6.07) is 8.93. The molecule has 3 aromatic carbocycles. The third-order valence-electron chi connectivity index (χ3n) is 13.3. The van der Waals surface area contributed by atoms with E-state index in [0.717, 1.165) is 6.92 Å². The van der Waals surface area contributed by atoms with E-state index in [2.05, 4.69) is 47.5 Å². The molecule has 0 saturated heterocycles. The molecule has 0 spiro atoms. The van der Waals surface area contributed by atoms with Gasteiger partial charge in [-0.05, 0) is 60.8 Å². The third kappa shape index (κ3) is 22.8. The van der Waals surface area contributed by atoms with Crippen LogP contribution in [0, 0.1) is 11.8 Å². The van der Waals surface area contributed by atoms with Crippen LogP contribution in [0.1, 0.15) is 89.8 Å². The molecular weight excluding hydrogens is 1110 g/mol. The van der Waals surface area contributed by atoms with E-state index in [1.54, 1.807) is 119 Å². The molecule has 4 aromatic rings.